The Labute approximate surface area is 116 Å². The monoisotopic (exact) mass is 262 g/mol. The van der Waals surface area contributed by atoms with Gasteiger partial charge in [0, 0.05) is 58.2 Å². The van der Waals surface area contributed by atoms with Crippen LogP contribution in [0, 0.1) is 0 Å². The molecule has 19 heavy (non-hydrogen) atoms. The summed E-state index contributed by atoms with van der Waals surface area (Å²) in [4.78, 5) is 5.30. The zero-order valence-electron chi connectivity index (χ0n) is 12.0. The number of hydrogen-bond acceptors (Lipinski definition) is 3. The van der Waals surface area contributed by atoms with E-state index in [0.29, 0.717) is 6.04 Å². The summed E-state index contributed by atoms with van der Waals surface area (Å²) < 4.78 is 2.18. The first kappa shape index (κ1) is 13.2. The van der Waals surface area contributed by atoms with Gasteiger partial charge >= 0.3 is 0 Å². The van der Waals surface area contributed by atoms with Crippen LogP contribution in [-0.4, -0.2) is 60.2 Å². The van der Waals surface area contributed by atoms with Crippen LogP contribution >= 0.6 is 0 Å². The molecule has 0 aliphatic carbocycles. The van der Waals surface area contributed by atoms with Crippen molar-refractivity contribution in [3.63, 3.8) is 0 Å². The van der Waals surface area contributed by atoms with Crippen LogP contribution in [0.2, 0.25) is 0 Å². The number of rotatable bonds is 4. The minimum absolute atomic E-state index is 0.571. The third-order valence-electron chi connectivity index (χ3n) is 4.46. The number of aromatic nitrogens is 1. The summed E-state index contributed by atoms with van der Waals surface area (Å²) >= 11 is 0. The van der Waals surface area contributed by atoms with Gasteiger partial charge in [0.2, 0.25) is 0 Å². The average Bonchev–Trinajstić information content (AvgIpc) is 3.08. The molecule has 0 aromatic carbocycles. The van der Waals surface area contributed by atoms with Gasteiger partial charge in [-0.05, 0) is 37.6 Å². The van der Waals surface area contributed by atoms with E-state index >= 15 is 0 Å². The van der Waals surface area contributed by atoms with E-state index in [-0.39, 0.29) is 0 Å². The third-order valence-corrected chi connectivity index (χ3v) is 4.46. The zero-order valence-corrected chi connectivity index (χ0v) is 12.0. The molecule has 4 heteroatoms. The number of nitrogens with zero attached hydrogens (tertiary/aromatic N) is 3. The van der Waals surface area contributed by atoms with Crippen molar-refractivity contribution in [1.82, 2.24) is 19.7 Å². The van der Waals surface area contributed by atoms with Gasteiger partial charge in [-0.1, -0.05) is 0 Å². The lowest BCUT2D eigenvalue weighted by Crippen LogP contribution is -2.47. The quantitative estimate of drug-likeness (QED) is 0.878. The molecule has 0 radical (unpaired) electrons. The minimum atomic E-state index is 0.571. The molecule has 4 nitrogen and oxygen atoms in total. The van der Waals surface area contributed by atoms with Crippen LogP contribution in [-0.2, 0) is 7.05 Å². The van der Waals surface area contributed by atoms with Crippen LogP contribution in [0.4, 0.5) is 0 Å². The normalized spacial score (nSPS) is 23.8. The molecule has 0 bridgehead atoms. The summed E-state index contributed by atoms with van der Waals surface area (Å²) in [5.74, 6) is 0. The summed E-state index contributed by atoms with van der Waals surface area (Å²) in [6.45, 7) is 8.38. The second-order valence-electron chi connectivity index (χ2n) is 5.92. The van der Waals surface area contributed by atoms with Gasteiger partial charge in [-0.25, -0.2) is 0 Å². The molecule has 2 saturated heterocycles. The van der Waals surface area contributed by atoms with Crippen molar-refractivity contribution in [3.05, 3.63) is 24.0 Å². The van der Waals surface area contributed by atoms with Crippen molar-refractivity contribution in [2.75, 3.05) is 45.8 Å². The van der Waals surface area contributed by atoms with Gasteiger partial charge in [-0.15, -0.1) is 0 Å². The number of likely N-dealkylation sites (tertiary alicyclic amines) is 1. The molecule has 1 aromatic heterocycles. The Bertz CT molecular complexity index is 389. The van der Waals surface area contributed by atoms with E-state index in [2.05, 4.69) is 45.2 Å². The van der Waals surface area contributed by atoms with Crippen molar-refractivity contribution in [2.24, 2.45) is 7.05 Å². The van der Waals surface area contributed by atoms with Crippen molar-refractivity contribution in [3.8, 4) is 0 Å². The largest absolute Gasteiger partial charge is 0.357 e. The first-order chi connectivity index (χ1) is 9.33. The van der Waals surface area contributed by atoms with Crippen LogP contribution in [0.15, 0.2) is 18.5 Å². The van der Waals surface area contributed by atoms with Gasteiger partial charge in [0.1, 0.15) is 0 Å². The summed E-state index contributed by atoms with van der Waals surface area (Å²) in [6.07, 6.45) is 7.23. The molecule has 0 saturated carbocycles. The van der Waals surface area contributed by atoms with Crippen LogP contribution in [0.5, 0.6) is 0 Å². The van der Waals surface area contributed by atoms with Gasteiger partial charge in [-0.3, -0.25) is 4.90 Å². The second kappa shape index (κ2) is 6.07. The van der Waals surface area contributed by atoms with E-state index in [1.165, 1.54) is 51.1 Å². The SMILES string of the molecule is Cn1ccc(C(CN2CCCC2)N2CCNCC2)c1. The fourth-order valence-corrected chi connectivity index (χ4v) is 3.36. The summed E-state index contributed by atoms with van der Waals surface area (Å²) in [7, 11) is 2.12. The second-order valence-corrected chi connectivity index (χ2v) is 5.92. The Kier molecular flexibility index (Phi) is 4.21. The van der Waals surface area contributed by atoms with E-state index in [0.717, 1.165) is 13.1 Å². The summed E-state index contributed by atoms with van der Waals surface area (Å²) in [5, 5.41) is 3.46. The van der Waals surface area contributed by atoms with E-state index in [4.69, 9.17) is 0 Å². The molecule has 2 aliphatic rings. The van der Waals surface area contributed by atoms with Crippen molar-refractivity contribution in [2.45, 2.75) is 18.9 Å². The van der Waals surface area contributed by atoms with E-state index in [9.17, 15) is 0 Å². The molecule has 0 spiro atoms. The van der Waals surface area contributed by atoms with Crippen LogP contribution in [0.25, 0.3) is 0 Å². The molecular formula is C15H26N4. The molecule has 106 valence electrons. The minimum Gasteiger partial charge on any atom is -0.357 e. The van der Waals surface area contributed by atoms with Gasteiger partial charge in [0.15, 0.2) is 0 Å². The molecule has 3 heterocycles. The van der Waals surface area contributed by atoms with Gasteiger partial charge in [0.25, 0.3) is 0 Å². The average molecular weight is 262 g/mol. The van der Waals surface area contributed by atoms with Crippen LogP contribution in [0.3, 0.4) is 0 Å². The van der Waals surface area contributed by atoms with Crippen LogP contribution in [0.1, 0.15) is 24.4 Å². The molecule has 3 rings (SSSR count). The Balaban J connectivity index is 1.73. The molecule has 1 N–H and O–H groups in total. The zero-order chi connectivity index (χ0) is 13.1. The molecule has 1 unspecified atom stereocenters. The van der Waals surface area contributed by atoms with E-state index < -0.39 is 0 Å². The Hall–Kier alpha value is -0.840. The van der Waals surface area contributed by atoms with Crippen molar-refractivity contribution in [1.29, 1.82) is 0 Å². The molecule has 0 amide bonds. The maximum absolute atomic E-state index is 3.46. The third kappa shape index (κ3) is 3.19. The Morgan fingerprint density at radius 3 is 2.53 bits per heavy atom. The van der Waals surface area contributed by atoms with Crippen molar-refractivity contribution < 1.29 is 0 Å². The van der Waals surface area contributed by atoms with Gasteiger partial charge in [-0.2, -0.15) is 0 Å². The van der Waals surface area contributed by atoms with Crippen molar-refractivity contribution >= 4 is 0 Å². The summed E-state index contributed by atoms with van der Waals surface area (Å²) in [6, 6.07) is 2.87. The highest BCUT2D eigenvalue weighted by Gasteiger charge is 2.26. The Morgan fingerprint density at radius 1 is 1.16 bits per heavy atom. The first-order valence-electron chi connectivity index (χ1n) is 7.62. The summed E-state index contributed by atoms with van der Waals surface area (Å²) in [5.41, 5.74) is 1.48. The lowest BCUT2D eigenvalue weighted by Gasteiger charge is -2.36. The molecule has 1 atom stereocenters. The topological polar surface area (TPSA) is 23.4 Å². The lowest BCUT2D eigenvalue weighted by atomic mass is 10.1. The van der Waals surface area contributed by atoms with Gasteiger partial charge < -0.3 is 14.8 Å². The van der Waals surface area contributed by atoms with E-state index in [1.807, 2.05) is 0 Å². The molecule has 2 fully saturated rings. The number of aryl methyl sites for hydroxylation is 1. The highest BCUT2D eigenvalue weighted by Crippen LogP contribution is 2.24. The van der Waals surface area contributed by atoms with Gasteiger partial charge in [0.05, 0.1) is 0 Å². The Morgan fingerprint density at radius 2 is 1.89 bits per heavy atom. The number of hydrogen-bond donors (Lipinski definition) is 1. The van der Waals surface area contributed by atoms with Crippen LogP contribution < -0.4 is 5.32 Å². The molecule has 1 aromatic rings. The molecule has 2 aliphatic heterocycles. The number of nitrogens with one attached hydrogen (secondary N) is 1. The first-order valence-corrected chi connectivity index (χ1v) is 7.62. The lowest BCUT2D eigenvalue weighted by molar-refractivity contribution is 0.135. The highest BCUT2D eigenvalue weighted by molar-refractivity contribution is 5.16. The fraction of sp³-hybridized carbons (Fsp3) is 0.733. The smallest absolute Gasteiger partial charge is 0.0491 e. The maximum Gasteiger partial charge on any atom is 0.0491 e. The van der Waals surface area contributed by atoms with E-state index in [1.54, 1.807) is 0 Å². The fourth-order valence-electron chi connectivity index (χ4n) is 3.36. The predicted molar refractivity (Wildman–Crippen MR) is 78.3 cm³/mol. The maximum atomic E-state index is 3.46. The highest BCUT2D eigenvalue weighted by atomic mass is 15.3. The molecular weight excluding hydrogens is 236 g/mol. The standard InChI is InChI=1S/C15H26N4/c1-17-9-4-14(12-17)15(13-18-7-2-3-8-18)19-10-5-16-6-11-19/h4,9,12,15-16H,2-3,5-8,10-11,13H2,1H3. The predicted octanol–water partition coefficient (Wildman–Crippen LogP) is 1.07. The number of piperazine rings is 1.